The second-order valence-electron chi connectivity index (χ2n) is 5.45. The predicted molar refractivity (Wildman–Crippen MR) is 93.6 cm³/mol. The maximum absolute atomic E-state index is 12.6. The molecule has 8 heteroatoms. The average Bonchev–Trinajstić information content (AvgIpc) is 3.06. The molecular weight excluding hydrogens is 340 g/mol. The van der Waals surface area contributed by atoms with Crippen molar-refractivity contribution in [3.05, 3.63) is 60.2 Å². The fourth-order valence-corrected chi connectivity index (χ4v) is 3.49. The summed E-state index contributed by atoms with van der Waals surface area (Å²) in [4.78, 5) is 4.08. The molecule has 0 aliphatic rings. The van der Waals surface area contributed by atoms with Crippen LogP contribution in [0.1, 0.15) is 11.3 Å². The van der Waals surface area contributed by atoms with E-state index in [9.17, 15) is 8.42 Å². The SMILES string of the molecule is COc1ccc(S(=O)(=O)NCc2ccncc2)cc1-c1cn[nH]c1C. The van der Waals surface area contributed by atoms with Crippen molar-refractivity contribution in [2.24, 2.45) is 0 Å². The first-order valence-corrected chi connectivity index (χ1v) is 9.06. The summed E-state index contributed by atoms with van der Waals surface area (Å²) in [5.74, 6) is 0.581. The smallest absolute Gasteiger partial charge is 0.240 e. The van der Waals surface area contributed by atoms with E-state index >= 15 is 0 Å². The minimum Gasteiger partial charge on any atom is -0.496 e. The Hall–Kier alpha value is -2.71. The Morgan fingerprint density at radius 3 is 2.56 bits per heavy atom. The lowest BCUT2D eigenvalue weighted by molar-refractivity contribution is 0.416. The molecule has 130 valence electrons. The number of aromatic amines is 1. The summed E-state index contributed by atoms with van der Waals surface area (Å²) in [5.41, 5.74) is 3.12. The molecule has 0 spiro atoms. The molecule has 0 saturated carbocycles. The van der Waals surface area contributed by atoms with Gasteiger partial charge in [0.25, 0.3) is 0 Å². The maximum Gasteiger partial charge on any atom is 0.240 e. The highest BCUT2D eigenvalue weighted by atomic mass is 32.2. The van der Waals surface area contributed by atoms with Crippen molar-refractivity contribution in [3.63, 3.8) is 0 Å². The van der Waals surface area contributed by atoms with Crippen LogP contribution in [0.15, 0.2) is 53.8 Å². The number of H-pyrrole nitrogens is 1. The van der Waals surface area contributed by atoms with Crippen LogP contribution in [-0.2, 0) is 16.6 Å². The number of aromatic nitrogens is 3. The van der Waals surface area contributed by atoms with E-state index in [-0.39, 0.29) is 11.4 Å². The van der Waals surface area contributed by atoms with Crippen LogP contribution in [0, 0.1) is 6.92 Å². The van der Waals surface area contributed by atoms with Crippen LogP contribution in [0.25, 0.3) is 11.1 Å². The first kappa shape index (κ1) is 17.1. The van der Waals surface area contributed by atoms with Crippen molar-refractivity contribution in [2.75, 3.05) is 7.11 Å². The molecule has 0 saturated heterocycles. The molecular formula is C17H18N4O3S. The number of hydrogen-bond donors (Lipinski definition) is 2. The molecule has 0 aliphatic carbocycles. The summed E-state index contributed by atoms with van der Waals surface area (Å²) in [6.07, 6.45) is 4.89. The van der Waals surface area contributed by atoms with Gasteiger partial charge in [-0.05, 0) is 42.8 Å². The van der Waals surface area contributed by atoms with E-state index < -0.39 is 10.0 Å². The number of pyridine rings is 1. The van der Waals surface area contributed by atoms with E-state index in [1.807, 2.05) is 6.92 Å². The lowest BCUT2D eigenvalue weighted by atomic mass is 10.1. The van der Waals surface area contributed by atoms with Crippen molar-refractivity contribution < 1.29 is 13.2 Å². The number of nitrogens with one attached hydrogen (secondary N) is 2. The number of methoxy groups -OCH3 is 1. The second-order valence-corrected chi connectivity index (χ2v) is 7.22. The number of ether oxygens (including phenoxy) is 1. The number of aryl methyl sites for hydroxylation is 1. The zero-order valence-electron chi connectivity index (χ0n) is 13.9. The molecule has 3 rings (SSSR count). The highest BCUT2D eigenvalue weighted by Crippen LogP contribution is 2.33. The van der Waals surface area contributed by atoms with Crippen molar-refractivity contribution in [1.82, 2.24) is 19.9 Å². The molecule has 3 aromatic rings. The largest absolute Gasteiger partial charge is 0.496 e. The third-order valence-corrected chi connectivity index (χ3v) is 5.22. The molecule has 2 heterocycles. The highest BCUT2D eigenvalue weighted by molar-refractivity contribution is 7.89. The normalized spacial score (nSPS) is 11.4. The molecule has 2 N–H and O–H groups in total. The fraction of sp³-hybridized carbons (Fsp3) is 0.176. The van der Waals surface area contributed by atoms with Gasteiger partial charge in [0.15, 0.2) is 0 Å². The van der Waals surface area contributed by atoms with Crippen molar-refractivity contribution in [3.8, 4) is 16.9 Å². The Morgan fingerprint density at radius 2 is 1.92 bits per heavy atom. The Balaban J connectivity index is 1.93. The zero-order chi connectivity index (χ0) is 17.9. The van der Waals surface area contributed by atoms with Crippen LogP contribution >= 0.6 is 0 Å². The molecule has 0 aliphatic heterocycles. The van der Waals surface area contributed by atoms with Gasteiger partial charge in [0, 0.05) is 35.8 Å². The summed E-state index contributed by atoms with van der Waals surface area (Å²) in [6.45, 7) is 2.06. The van der Waals surface area contributed by atoms with Crippen LogP contribution in [0.5, 0.6) is 5.75 Å². The van der Waals surface area contributed by atoms with Gasteiger partial charge < -0.3 is 4.74 Å². The predicted octanol–water partition coefficient (Wildman–Crippen LogP) is 2.27. The van der Waals surface area contributed by atoms with E-state index in [1.54, 1.807) is 50.0 Å². The van der Waals surface area contributed by atoms with E-state index in [2.05, 4.69) is 19.9 Å². The van der Waals surface area contributed by atoms with Gasteiger partial charge in [-0.1, -0.05) is 0 Å². The lowest BCUT2D eigenvalue weighted by Crippen LogP contribution is -2.23. The first-order valence-electron chi connectivity index (χ1n) is 7.58. The number of sulfonamides is 1. The van der Waals surface area contributed by atoms with Gasteiger partial charge in [-0.2, -0.15) is 5.10 Å². The molecule has 0 unspecified atom stereocenters. The lowest BCUT2D eigenvalue weighted by Gasteiger charge is -2.12. The Bertz CT molecular complexity index is 969. The molecule has 0 amide bonds. The molecule has 0 bridgehead atoms. The number of benzene rings is 1. The zero-order valence-corrected chi connectivity index (χ0v) is 14.7. The highest BCUT2D eigenvalue weighted by Gasteiger charge is 2.18. The van der Waals surface area contributed by atoms with Gasteiger partial charge in [0.05, 0.1) is 18.2 Å². The second kappa shape index (κ2) is 7.04. The quantitative estimate of drug-likeness (QED) is 0.704. The molecule has 1 aromatic carbocycles. The van der Waals surface area contributed by atoms with Crippen LogP contribution in [0.2, 0.25) is 0 Å². The number of nitrogens with zero attached hydrogens (tertiary/aromatic N) is 2. The van der Waals surface area contributed by atoms with Crippen LogP contribution in [0.3, 0.4) is 0 Å². The van der Waals surface area contributed by atoms with E-state index in [0.717, 1.165) is 16.8 Å². The maximum atomic E-state index is 12.6. The van der Waals surface area contributed by atoms with Gasteiger partial charge in [-0.25, -0.2) is 13.1 Å². The Morgan fingerprint density at radius 1 is 1.16 bits per heavy atom. The van der Waals surface area contributed by atoms with Crippen molar-refractivity contribution >= 4 is 10.0 Å². The minimum atomic E-state index is -3.67. The molecule has 2 aromatic heterocycles. The van der Waals surface area contributed by atoms with Gasteiger partial charge in [-0.15, -0.1) is 0 Å². The summed E-state index contributed by atoms with van der Waals surface area (Å²) < 4.78 is 33.2. The monoisotopic (exact) mass is 358 g/mol. The van der Waals surface area contributed by atoms with E-state index in [0.29, 0.717) is 11.3 Å². The standard InChI is InChI=1S/C17H18N4O3S/c1-12-16(11-19-21-12)15-9-14(3-4-17(15)24-2)25(22,23)20-10-13-5-7-18-8-6-13/h3-9,11,20H,10H2,1-2H3,(H,19,21). The molecule has 0 radical (unpaired) electrons. The summed E-state index contributed by atoms with van der Waals surface area (Å²) in [6, 6.07) is 8.27. The molecule has 0 fully saturated rings. The van der Waals surface area contributed by atoms with Crippen LogP contribution in [0.4, 0.5) is 0 Å². The fourth-order valence-electron chi connectivity index (χ4n) is 2.45. The molecule has 0 atom stereocenters. The summed E-state index contributed by atoms with van der Waals surface area (Å²) in [5, 5.41) is 6.84. The topological polar surface area (TPSA) is 97.0 Å². The Kier molecular flexibility index (Phi) is 4.82. The van der Waals surface area contributed by atoms with Crippen LogP contribution in [-0.4, -0.2) is 30.7 Å². The first-order chi connectivity index (χ1) is 12.0. The van der Waals surface area contributed by atoms with E-state index in [1.165, 1.54) is 6.07 Å². The summed E-state index contributed by atoms with van der Waals surface area (Å²) >= 11 is 0. The van der Waals surface area contributed by atoms with Gasteiger partial charge in [-0.3, -0.25) is 10.1 Å². The number of hydrogen-bond acceptors (Lipinski definition) is 5. The average molecular weight is 358 g/mol. The van der Waals surface area contributed by atoms with Gasteiger partial charge in [0.1, 0.15) is 5.75 Å². The van der Waals surface area contributed by atoms with Crippen molar-refractivity contribution in [1.29, 1.82) is 0 Å². The third-order valence-electron chi connectivity index (χ3n) is 3.82. The third kappa shape index (κ3) is 3.70. The van der Waals surface area contributed by atoms with Gasteiger partial charge >= 0.3 is 0 Å². The summed E-state index contributed by atoms with van der Waals surface area (Å²) in [7, 11) is -2.12. The van der Waals surface area contributed by atoms with E-state index in [4.69, 9.17) is 4.74 Å². The minimum absolute atomic E-state index is 0.165. The van der Waals surface area contributed by atoms with Crippen molar-refractivity contribution in [2.45, 2.75) is 18.4 Å². The molecule has 7 nitrogen and oxygen atoms in total. The van der Waals surface area contributed by atoms with Crippen LogP contribution < -0.4 is 9.46 Å². The molecule has 25 heavy (non-hydrogen) atoms. The number of rotatable bonds is 6. The Labute approximate surface area is 146 Å². The van der Waals surface area contributed by atoms with Gasteiger partial charge in [0.2, 0.25) is 10.0 Å².